The second kappa shape index (κ2) is 28.2. The van der Waals surface area contributed by atoms with Crippen molar-refractivity contribution >= 4 is 64.5 Å². The summed E-state index contributed by atoms with van der Waals surface area (Å²) in [5.74, 6) is 1.40. The number of hydrogen-bond acceptors (Lipinski definition) is 2. The van der Waals surface area contributed by atoms with E-state index in [0.29, 0.717) is 13.2 Å². The fourth-order valence-corrected chi connectivity index (χ4v) is 9.46. The summed E-state index contributed by atoms with van der Waals surface area (Å²) in [6.07, 6.45) is 0. The van der Waals surface area contributed by atoms with Gasteiger partial charge in [0.1, 0.15) is 0 Å². The molecule has 8 heteroatoms. The number of benzene rings is 6. The molecule has 51 heavy (non-hydrogen) atoms. The Morgan fingerprint density at radius 2 is 0.667 bits per heavy atom. The number of hydrogen-bond donors (Lipinski definition) is 0. The van der Waals surface area contributed by atoms with E-state index in [1.807, 2.05) is 31.2 Å². The van der Waals surface area contributed by atoms with Gasteiger partial charge < -0.3 is 15.9 Å². The summed E-state index contributed by atoms with van der Waals surface area (Å²) in [6, 6.07) is 64.7. The van der Waals surface area contributed by atoms with Crippen LogP contribution in [-0.4, -0.2) is 20.3 Å². The molecular formula is C43H42BClO3P2Ru. The Hall–Kier alpha value is -3.44. The molecule has 0 radical (unpaired) electrons. The zero-order valence-corrected chi connectivity index (χ0v) is 33.1. The molecule has 0 saturated heterocycles. The van der Waals surface area contributed by atoms with Gasteiger partial charge in [0, 0.05) is 13.2 Å². The Morgan fingerprint density at radius 3 is 0.804 bits per heavy atom. The largest absolute Gasteiger partial charge is 0.0622 e. The van der Waals surface area contributed by atoms with Crippen LogP contribution < -0.4 is 31.8 Å². The Morgan fingerprint density at radius 1 is 0.490 bits per heavy atom. The van der Waals surface area contributed by atoms with Crippen molar-refractivity contribution in [3.63, 3.8) is 0 Å². The second-order valence-electron chi connectivity index (χ2n) is 10.2. The molecule has 0 aliphatic rings. The van der Waals surface area contributed by atoms with Crippen molar-refractivity contribution in [3.8, 4) is 0 Å². The minimum atomic E-state index is -0.446. The van der Waals surface area contributed by atoms with Crippen molar-refractivity contribution in [2.75, 3.05) is 13.2 Å². The third-order valence-electron chi connectivity index (χ3n) is 6.91. The first kappa shape index (κ1) is 43.7. The van der Waals surface area contributed by atoms with Crippen molar-refractivity contribution in [1.29, 1.82) is 0 Å². The van der Waals surface area contributed by atoms with Crippen molar-refractivity contribution in [2.24, 2.45) is 0 Å². The molecule has 6 aromatic carbocycles. The first-order valence-corrected chi connectivity index (χ1v) is 21.2. The molecule has 6 aromatic rings. The number of rotatable bonds is 11. The fourth-order valence-electron chi connectivity index (χ4n) is 4.84. The van der Waals surface area contributed by atoms with Gasteiger partial charge in [-0.05, 0) is 61.5 Å². The maximum absolute atomic E-state index is 7.50. The van der Waals surface area contributed by atoms with Crippen molar-refractivity contribution in [1.82, 2.24) is 0 Å². The Balaban J connectivity index is 0.000000268. The van der Waals surface area contributed by atoms with Gasteiger partial charge in [0.2, 0.25) is 0 Å². The van der Waals surface area contributed by atoms with Gasteiger partial charge in [-0.3, -0.25) is 0 Å². The third kappa shape index (κ3) is 15.8. The predicted octanol–water partition coefficient (Wildman–Crippen LogP) is 8.62. The van der Waals surface area contributed by atoms with Gasteiger partial charge in [-0.2, -0.15) is 0 Å². The van der Waals surface area contributed by atoms with Crippen LogP contribution in [0.3, 0.4) is 0 Å². The monoisotopic (exact) mass is 816 g/mol. The van der Waals surface area contributed by atoms with Gasteiger partial charge in [-0.1, -0.05) is 182 Å². The summed E-state index contributed by atoms with van der Waals surface area (Å²) in [5.41, 5.74) is 0. The van der Waals surface area contributed by atoms with Gasteiger partial charge in [-0.15, -0.1) is 0 Å². The molecular weight excluding hydrogens is 774 g/mol. The standard InChI is InChI=1S/2C18H15P.C6H12BO2.CO.ClH.Ru/c2*1-4-10-16(11-5-1)19(17-12-6-2-7-13-17)18-14-8-3-9-15-18;1-4-7(8-5-2)9-6-3;1-2;;/h2*1-15H;1,4H,5-6H2,2-3H3;;1H;/q;;-1;;;+2/p-1. The summed E-state index contributed by atoms with van der Waals surface area (Å²) >= 11 is 1.82. The molecule has 260 valence electrons. The summed E-state index contributed by atoms with van der Waals surface area (Å²) < 4.78 is 17.6. The molecule has 0 aliphatic carbocycles. The van der Waals surface area contributed by atoms with Gasteiger partial charge in [0.05, 0.1) is 0 Å². The quantitative estimate of drug-likeness (QED) is 0.0569. The van der Waals surface area contributed by atoms with E-state index in [-0.39, 0.29) is 7.12 Å². The molecule has 0 unspecified atom stereocenters. The maximum atomic E-state index is 7.50. The van der Waals surface area contributed by atoms with Gasteiger partial charge in [0.25, 0.3) is 0 Å². The predicted molar refractivity (Wildman–Crippen MR) is 218 cm³/mol. The van der Waals surface area contributed by atoms with Crippen LogP contribution in [-0.2, 0) is 31.3 Å². The minimum Gasteiger partial charge on any atom is -0.0622 e. The van der Waals surface area contributed by atoms with E-state index in [4.69, 9.17) is 20.5 Å². The molecule has 0 bridgehead atoms. The Kier molecular flexibility index (Phi) is 24.2. The average molecular weight is 816 g/mol. The zero-order chi connectivity index (χ0) is 36.9. The van der Waals surface area contributed by atoms with E-state index >= 15 is 0 Å². The van der Waals surface area contributed by atoms with Gasteiger partial charge in [-0.25, -0.2) is 5.98 Å². The van der Waals surface area contributed by atoms with Gasteiger partial charge in [0.15, 0.2) is 0 Å². The molecule has 0 atom stereocenters. The Bertz CT molecular complexity index is 1410. The molecule has 0 heterocycles. The van der Waals surface area contributed by atoms with Crippen LogP contribution in [0, 0.1) is 13.2 Å². The van der Waals surface area contributed by atoms with Crippen LogP contribution in [0.25, 0.3) is 0 Å². The smallest absolute Gasteiger partial charge is 0.0134 e. The molecule has 0 N–H and O–H groups in total. The molecule has 3 nitrogen and oxygen atoms in total. The van der Waals surface area contributed by atoms with E-state index in [1.54, 1.807) is 0 Å². The average Bonchev–Trinajstić information content (AvgIpc) is 3.22. The fraction of sp³-hybridized carbons (Fsp3) is 0.0930. The van der Waals surface area contributed by atoms with Crippen LogP contribution in [0.15, 0.2) is 188 Å². The molecule has 0 aromatic heterocycles. The van der Waals surface area contributed by atoms with E-state index in [1.165, 1.54) is 37.8 Å². The zero-order valence-electron chi connectivity index (χ0n) is 28.8. The van der Waals surface area contributed by atoms with Gasteiger partial charge >= 0.3 is 45.4 Å². The number of halogens is 1. The van der Waals surface area contributed by atoms with Crippen LogP contribution in [0.5, 0.6) is 0 Å². The normalized spacial score (nSPS) is 9.65. The van der Waals surface area contributed by atoms with Crippen LogP contribution in [0.2, 0.25) is 0 Å². The maximum Gasteiger partial charge on any atom is -0.0134 e. The summed E-state index contributed by atoms with van der Waals surface area (Å²) in [4.78, 5) is 0. The summed E-state index contributed by atoms with van der Waals surface area (Å²) in [7, 11) is 3.34. The van der Waals surface area contributed by atoms with E-state index in [0.717, 1.165) is 0 Å². The van der Waals surface area contributed by atoms with E-state index in [9.17, 15) is 0 Å². The first-order valence-electron chi connectivity index (χ1n) is 16.3. The van der Waals surface area contributed by atoms with E-state index < -0.39 is 15.8 Å². The molecule has 0 fully saturated rings. The molecule has 6 rings (SSSR count). The summed E-state index contributed by atoms with van der Waals surface area (Å²) in [5, 5.41) is 8.39. The second-order valence-corrected chi connectivity index (χ2v) is 14.6. The van der Waals surface area contributed by atoms with Crippen molar-refractivity contribution in [3.05, 3.63) is 201 Å². The molecule has 0 amide bonds. The first-order chi connectivity index (χ1) is 25.2. The third-order valence-corrected chi connectivity index (χ3v) is 11.8. The summed E-state index contributed by atoms with van der Waals surface area (Å²) in [6.45, 7) is 14.7. The van der Waals surface area contributed by atoms with Crippen LogP contribution >= 0.6 is 25.5 Å². The topological polar surface area (TPSA) is 38.4 Å². The SMILES string of the molecule is [C-]#[O+].[CH-]=CB(OCC)OCC.[Cl][Ru+].c1ccc(P(c2ccccc2)c2ccccc2)cc1.c1ccc(P(c2ccccc2)c2ccccc2)cc1. The minimum absolute atomic E-state index is 0.333. The van der Waals surface area contributed by atoms with Crippen molar-refractivity contribution < 1.29 is 31.3 Å². The Labute approximate surface area is 322 Å². The van der Waals surface area contributed by atoms with E-state index in [2.05, 4.69) is 198 Å². The van der Waals surface area contributed by atoms with Crippen LogP contribution in [0.4, 0.5) is 0 Å². The molecule has 0 aliphatic heterocycles. The van der Waals surface area contributed by atoms with Crippen LogP contribution in [0.1, 0.15) is 13.8 Å². The molecule has 0 spiro atoms. The molecule has 0 saturated carbocycles. The van der Waals surface area contributed by atoms with Crippen molar-refractivity contribution in [2.45, 2.75) is 13.8 Å².